The Bertz CT molecular complexity index is 1140. The Morgan fingerprint density at radius 1 is 0.750 bits per heavy atom. The highest BCUT2D eigenvalue weighted by molar-refractivity contribution is 5.67. The Balaban J connectivity index is 1.26. The zero-order valence-corrected chi connectivity index (χ0v) is 17.6. The summed E-state index contributed by atoms with van der Waals surface area (Å²) >= 11 is 0. The largest absolute Gasteiger partial charge is 0.378 e. The standard InChI is InChI=1S/C25H24N6O/c1-2-22(18-26-12-1)28-20-5-3-19(4-6-20)24-11-13-27-25(30-24)29-21-7-9-23(10-8-21)31-14-16-32-17-15-31/h1-13,18,28H,14-17H2,(H,27,29,30). The van der Waals surface area contributed by atoms with Crippen molar-refractivity contribution in [3.8, 4) is 11.3 Å². The van der Waals surface area contributed by atoms with Crippen molar-refractivity contribution in [2.45, 2.75) is 0 Å². The highest BCUT2D eigenvalue weighted by Gasteiger charge is 2.11. The molecule has 0 unspecified atom stereocenters. The number of nitrogens with zero attached hydrogens (tertiary/aromatic N) is 4. The smallest absolute Gasteiger partial charge is 0.227 e. The summed E-state index contributed by atoms with van der Waals surface area (Å²) in [7, 11) is 0. The van der Waals surface area contributed by atoms with Crippen LogP contribution in [0.2, 0.25) is 0 Å². The molecule has 32 heavy (non-hydrogen) atoms. The maximum Gasteiger partial charge on any atom is 0.227 e. The Hall–Kier alpha value is -3.97. The average molecular weight is 425 g/mol. The number of nitrogens with one attached hydrogen (secondary N) is 2. The fourth-order valence-electron chi connectivity index (χ4n) is 3.61. The Morgan fingerprint density at radius 2 is 1.50 bits per heavy atom. The fourth-order valence-corrected chi connectivity index (χ4v) is 3.61. The summed E-state index contributed by atoms with van der Waals surface area (Å²) in [5.41, 5.74) is 5.99. The third-order valence-corrected chi connectivity index (χ3v) is 5.29. The van der Waals surface area contributed by atoms with Crippen molar-refractivity contribution in [1.29, 1.82) is 0 Å². The van der Waals surface area contributed by atoms with Gasteiger partial charge in [-0.1, -0.05) is 12.1 Å². The highest BCUT2D eigenvalue weighted by Crippen LogP contribution is 2.24. The lowest BCUT2D eigenvalue weighted by molar-refractivity contribution is 0.122. The van der Waals surface area contributed by atoms with Crippen LogP contribution in [0.1, 0.15) is 0 Å². The first-order chi connectivity index (χ1) is 15.8. The van der Waals surface area contributed by atoms with Crippen molar-refractivity contribution in [3.05, 3.63) is 85.3 Å². The summed E-state index contributed by atoms with van der Waals surface area (Å²) in [5.74, 6) is 0.569. The van der Waals surface area contributed by atoms with Crippen LogP contribution in [0.5, 0.6) is 0 Å². The molecule has 0 spiro atoms. The number of morpholine rings is 1. The molecule has 1 saturated heterocycles. The van der Waals surface area contributed by atoms with E-state index in [1.807, 2.05) is 42.5 Å². The number of hydrogen-bond donors (Lipinski definition) is 2. The van der Waals surface area contributed by atoms with Gasteiger partial charge in [0.15, 0.2) is 0 Å². The van der Waals surface area contributed by atoms with Gasteiger partial charge in [0.25, 0.3) is 0 Å². The second kappa shape index (κ2) is 9.45. The van der Waals surface area contributed by atoms with E-state index < -0.39 is 0 Å². The van der Waals surface area contributed by atoms with Gasteiger partial charge in [-0.2, -0.15) is 0 Å². The molecule has 7 heteroatoms. The molecule has 0 atom stereocenters. The first-order valence-electron chi connectivity index (χ1n) is 10.6. The topological polar surface area (TPSA) is 75.2 Å². The fraction of sp³-hybridized carbons (Fsp3) is 0.160. The molecule has 1 aliphatic heterocycles. The third kappa shape index (κ3) is 4.84. The molecule has 5 rings (SSSR count). The number of ether oxygens (including phenoxy) is 1. The monoisotopic (exact) mass is 424 g/mol. The van der Waals surface area contributed by atoms with E-state index in [4.69, 9.17) is 4.74 Å². The van der Waals surface area contributed by atoms with E-state index in [1.165, 1.54) is 5.69 Å². The number of hydrogen-bond acceptors (Lipinski definition) is 7. The highest BCUT2D eigenvalue weighted by atomic mass is 16.5. The molecule has 3 heterocycles. The van der Waals surface area contributed by atoms with Gasteiger partial charge in [-0.15, -0.1) is 0 Å². The van der Waals surface area contributed by atoms with E-state index in [1.54, 1.807) is 18.6 Å². The molecule has 0 radical (unpaired) electrons. The maximum atomic E-state index is 5.43. The van der Waals surface area contributed by atoms with Crippen molar-refractivity contribution in [3.63, 3.8) is 0 Å². The minimum atomic E-state index is 0.569. The summed E-state index contributed by atoms with van der Waals surface area (Å²) < 4.78 is 5.43. The number of anilines is 5. The van der Waals surface area contributed by atoms with Crippen molar-refractivity contribution in [2.24, 2.45) is 0 Å². The van der Waals surface area contributed by atoms with Gasteiger partial charge in [-0.25, -0.2) is 9.97 Å². The molecule has 1 fully saturated rings. The molecule has 0 aliphatic carbocycles. The molecule has 0 bridgehead atoms. The Labute approximate surface area is 187 Å². The van der Waals surface area contributed by atoms with E-state index in [2.05, 4.69) is 54.8 Å². The molecule has 7 nitrogen and oxygen atoms in total. The molecule has 0 amide bonds. The number of rotatable bonds is 6. The molecule has 4 aromatic rings. The molecule has 2 aromatic carbocycles. The summed E-state index contributed by atoms with van der Waals surface area (Å²) in [6.45, 7) is 3.41. The van der Waals surface area contributed by atoms with Gasteiger partial charge in [0.2, 0.25) is 5.95 Å². The summed E-state index contributed by atoms with van der Waals surface area (Å²) in [6, 6.07) is 22.3. The number of benzene rings is 2. The second-order valence-corrected chi connectivity index (χ2v) is 7.48. The predicted molar refractivity (Wildman–Crippen MR) is 128 cm³/mol. The van der Waals surface area contributed by atoms with Crippen molar-refractivity contribution in [2.75, 3.05) is 41.8 Å². The molecular formula is C25H24N6O. The second-order valence-electron chi connectivity index (χ2n) is 7.48. The van der Waals surface area contributed by atoms with Crippen LogP contribution < -0.4 is 15.5 Å². The van der Waals surface area contributed by atoms with E-state index in [0.29, 0.717) is 5.95 Å². The molecule has 160 valence electrons. The number of aromatic nitrogens is 3. The summed E-state index contributed by atoms with van der Waals surface area (Å²) in [5, 5.41) is 6.64. The molecule has 0 saturated carbocycles. The minimum absolute atomic E-state index is 0.569. The van der Waals surface area contributed by atoms with Crippen LogP contribution in [0.25, 0.3) is 11.3 Å². The SMILES string of the molecule is c1cncc(Nc2ccc(-c3ccnc(Nc4ccc(N5CCOCC5)cc4)n3)cc2)c1. The maximum absolute atomic E-state index is 5.43. The summed E-state index contributed by atoms with van der Waals surface area (Å²) in [6.07, 6.45) is 5.33. The van der Waals surface area contributed by atoms with Gasteiger partial charge in [-0.05, 0) is 54.6 Å². The first-order valence-corrected chi connectivity index (χ1v) is 10.6. The molecule has 2 aromatic heterocycles. The van der Waals surface area contributed by atoms with Crippen LogP contribution in [0.15, 0.2) is 85.3 Å². The van der Waals surface area contributed by atoms with Gasteiger partial charge in [-0.3, -0.25) is 4.98 Å². The van der Waals surface area contributed by atoms with Gasteiger partial charge >= 0.3 is 0 Å². The lowest BCUT2D eigenvalue weighted by Crippen LogP contribution is -2.36. The first kappa shape index (κ1) is 20.0. The van der Waals surface area contributed by atoms with E-state index in [0.717, 1.165) is 54.6 Å². The van der Waals surface area contributed by atoms with Crippen molar-refractivity contribution >= 4 is 28.7 Å². The van der Waals surface area contributed by atoms with E-state index in [9.17, 15) is 0 Å². The van der Waals surface area contributed by atoms with E-state index >= 15 is 0 Å². The van der Waals surface area contributed by atoms with Crippen molar-refractivity contribution < 1.29 is 4.74 Å². The Morgan fingerprint density at radius 3 is 2.25 bits per heavy atom. The number of pyridine rings is 1. The normalized spacial score (nSPS) is 13.6. The lowest BCUT2D eigenvalue weighted by atomic mass is 10.1. The predicted octanol–water partition coefficient (Wildman–Crippen LogP) is 4.86. The minimum Gasteiger partial charge on any atom is -0.378 e. The van der Waals surface area contributed by atoms with Crippen molar-refractivity contribution in [1.82, 2.24) is 15.0 Å². The van der Waals surface area contributed by atoms with Crippen LogP contribution >= 0.6 is 0 Å². The van der Waals surface area contributed by atoms with Gasteiger partial charge in [0, 0.05) is 48.1 Å². The zero-order chi connectivity index (χ0) is 21.6. The van der Waals surface area contributed by atoms with Crippen LogP contribution in [-0.2, 0) is 4.74 Å². The van der Waals surface area contributed by atoms with E-state index in [-0.39, 0.29) is 0 Å². The van der Waals surface area contributed by atoms with Crippen LogP contribution in [-0.4, -0.2) is 41.3 Å². The zero-order valence-electron chi connectivity index (χ0n) is 17.6. The summed E-state index contributed by atoms with van der Waals surface area (Å²) in [4.78, 5) is 15.5. The quantitative estimate of drug-likeness (QED) is 0.458. The third-order valence-electron chi connectivity index (χ3n) is 5.29. The van der Waals surface area contributed by atoms with Gasteiger partial charge in [0.05, 0.1) is 30.8 Å². The van der Waals surface area contributed by atoms with Gasteiger partial charge in [0.1, 0.15) is 0 Å². The Kier molecular flexibility index (Phi) is 5.89. The lowest BCUT2D eigenvalue weighted by Gasteiger charge is -2.28. The van der Waals surface area contributed by atoms with Crippen LogP contribution in [0.3, 0.4) is 0 Å². The van der Waals surface area contributed by atoms with Crippen LogP contribution in [0.4, 0.5) is 28.7 Å². The van der Waals surface area contributed by atoms with Gasteiger partial charge < -0.3 is 20.3 Å². The molecular weight excluding hydrogens is 400 g/mol. The van der Waals surface area contributed by atoms with Crippen LogP contribution in [0, 0.1) is 0 Å². The molecule has 2 N–H and O–H groups in total. The molecule has 1 aliphatic rings. The average Bonchev–Trinajstić information content (AvgIpc) is 2.86.